The molecule has 1 aliphatic heterocycles. The second kappa shape index (κ2) is 9.33. The van der Waals surface area contributed by atoms with Gasteiger partial charge in [0.25, 0.3) is 5.91 Å². The highest BCUT2D eigenvalue weighted by molar-refractivity contribution is 6.33. The number of pyridine rings is 1. The highest BCUT2D eigenvalue weighted by atomic mass is 35.5. The van der Waals surface area contributed by atoms with Gasteiger partial charge in [-0.1, -0.05) is 11.6 Å². The Labute approximate surface area is 206 Å². The molecule has 188 valence electrons. The topological polar surface area (TPSA) is 71.5 Å². The van der Waals surface area contributed by atoms with Crippen LogP contribution in [0.1, 0.15) is 61.0 Å². The van der Waals surface area contributed by atoms with Gasteiger partial charge in [-0.15, -0.1) is 0 Å². The third-order valence-electron chi connectivity index (χ3n) is 6.97. The lowest BCUT2D eigenvalue weighted by molar-refractivity contribution is -0.137. The van der Waals surface area contributed by atoms with Gasteiger partial charge in [-0.25, -0.2) is 4.98 Å². The first-order valence-electron chi connectivity index (χ1n) is 11.5. The number of carbonyl (C=O) groups is 2. The molecule has 1 aromatic carbocycles. The molecule has 1 saturated carbocycles. The molecule has 0 bridgehead atoms. The van der Waals surface area contributed by atoms with Crippen LogP contribution in [0.2, 0.25) is 5.02 Å². The van der Waals surface area contributed by atoms with Crippen molar-refractivity contribution in [1.82, 2.24) is 10.3 Å². The summed E-state index contributed by atoms with van der Waals surface area (Å²) in [7, 11) is 1.53. The van der Waals surface area contributed by atoms with Gasteiger partial charge in [-0.05, 0) is 63.6 Å². The van der Waals surface area contributed by atoms with E-state index in [9.17, 15) is 22.8 Å². The van der Waals surface area contributed by atoms with Crippen molar-refractivity contribution in [1.29, 1.82) is 0 Å². The van der Waals surface area contributed by atoms with Crippen LogP contribution < -0.4 is 15.0 Å². The van der Waals surface area contributed by atoms with E-state index in [4.69, 9.17) is 16.3 Å². The molecule has 2 aromatic rings. The van der Waals surface area contributed by atoms with Gasteiger partial charge in [0, 0.05) is 30.4 Å². The number of benzene rings is 1. The summed E-state index contributed by atoms with van der Waals surface area (Å²) in [5.41, 5.74) is -0.110. The standard InChI is InChI=1S/C25H27ClF3N3O3/c1-24(2)18-12-30-21(35-3)11-20(18)32(23(24)34)13-14-4-7-16(8-5-14)31-22(33)17-10-15(25(27,28)29)6-9-19(17)26/h6,9-12,14,16H,4-5,7-8,13H2,1-3H3,(H,31,33)/t14-,16-. The van der Waals surface area contributed by atoms with Crippen LogP contribution in [0.4, 0.5) is 18.9 Å². The van der Waals surface area contributed by atoms with Crippen molar-refractivity contribution in [3.63, 3.8) is 0 Å². The number of hydrogen-bond donors (Lipinski definition) is 1. The van der Waals surface area contributed by atoms with Crippen LogP contribution >= 0.6 is 11.6 Å². The molecule has 2 amide bonds. The van der Waals surface area contributed by atoms with Crippen molar-refractivity contribution in [2.45, 2.75) is 57.2 Å². The lowest BCUT2D eigenvalue weighted by atomic mass is 9.85. The first kappa shape index (κ1) is 25.3. The van der Waals surface area contributed by atoms with Gasteiger partial charge in [0.2, 0.25) is 11.8 Å². The zero-order chi connectivity index (χ0) is 25.5. The maximum absolute atomic E-state index is 13.2. The number of alkyl halides is 3. The third kappa shape index (κ3) is 4.96. The molecule has 2 aliphatic rings. The minimum Gasteiger partial charge on any atom is -0.481 e. The summed E-state index contributed by atoms with van der Waals surface area (Å²) in [6.07, 6.45) is -0.0166. The van der Waals surface area contributed by atoms with E-state index in [-0.39, 0.29) is 28.5 Å². The Morgan fingerprint density at radius 3 is 2.54 bits per heavy atom. The fourth-order valence-electron chi connectivity index (χ4n) is 4.87. The number of fused-ring (bicyclic) bond motifs is 1. The summed E-state index contributed by atoms with van der Waals surface area (Å²) in [6.45, 7) is 4.31. The molecule has 4 rings (SSSR count). The largest absolute Gasteiger partial charge is 0.481 e. The van der Waals surface area contributed by atoms with Gasteiger partial charge in [-0.2, -0.15) is 13.2 Å². The first-order valence-corrected chi connectivity index (χ1v) is 11.8. The Kier molecular flexibility index (Phi) is 6.74. The van der Waals surface area contributed by atoms with Crippen molar-refractivity contribution in [2.24, 2.45) is 5.92 Å². The Morgan fingerprint density at radius 2 is 1.91 bits per heavy atom. The van der Waals surface area contributed by atoms with Crippen molar-refractivity contribution >= 4 is 29.1 Å². The molecule has 0 unspecified atom stereocenters. The summed E-state index contributed by atoms with van der Waals surface area (Å²) >= 11 is 6.00. The number of amides is 2. The molecule has 6 nitrogen and oxygen atoms in total. The molecule has 1 aliphatic carbocycles. The summed E-state index contributed by atoms with van der Waals surface area (Å²) in [6, 6.07) is 4.34. The molecule has 1 fully saturated rings. The minimum atomic E-state index is -4.56. The number of methoxy groups -OCH3 is 1. The average molecular weight is 510 g/mol. The average Bonchev–Trinajstić information content (AvgIpc) is 2.99. The molecule has 0 spiro atoms. The molecular formula is C25H27ClF3N3O3. The van der Waals surface area contributed by atoms with Gasteiger partial charge in [0.15, 0.2) is 0 Å². The Morgan fingerprint density at radius 1 is 1.23 bits per heavy atom. The first-order chi connectivity index (χ1) is 16.4. The number of aromatic nitrogens is 1. The monoisotopic (exact) mass is 509 g/mol. The number of anilines is 1. The lowest BCUT2D eigenvalue weighted by Gasteiger charge is -2.32. The zero-order valence-electron chi connectivity index (χ0n) is 19.7. The molecule has 35 heavy (non-hydrogen) atoms. The van der Waals surface area contributed by atoms with Gasteiger partial charge in [0.05, 0.1) is 34.4 Å². The number of hydrogen-bond acceptors (Lipinski definition) is 4. The van der Waals surface area contributed by atoms with Crippen molar-refractivity contribution in [3.05, 3.63) is 52.2 Å². The summed E-state index contributed by atoms with van der Waals surface area (Å²) in [5, 5.41) is 2.80. The predicted octanol–water partition coefficient (Wildman–Crippen LogP) is 5.38. The minimum absolute atomic E-state index is 0.0113. The molecule has 1 N–H and O–H groups in total. The fraction of sp³-hybridized carbons (Fsp3) is 0.480. The molecule has 0 radical (unpaired) electrons. The second-order valence-electron chi connectivity index (χ2n) is 9.67. The third-order valence-corrected chi connectivity index (χ3v) is 7.30. The maximum atomic E-state index is 13.2. The normalized spacial score (nSPS) is 21.6. The van der Waals surface area contributed by atoms with Crippen LogP contribution in [0, 0.1) is 5.92 Å². The fourth-order valence-corrected chi connectivity index (χ4v) is 5.08. The highest BCUT2D eigenvalue weighted by Gasteiger charge is 2.45. The molecular weight excluding hydrogens is 483 g/mol. The summed E-state index contributed by atoms with van der Waals surface area (Å²) in [5.74, 6) is 0.0655. The predicted molar refractivity (Wildman–Crippen MR) is 126 cm³/mol. The summed E-state index contributed by atoms with van der Waals surface area (Å²) < 4.78 is 44.3. The van der Waals surface area contributed by atoms with Gasteiger partial charge >= 0.3 is 6.18 Å². The number of carbonyl (C=O) groups excluding carboxylic acids is 2. The number of nitrogens with one attached hydrogen (secondary N) is 1. The van der Waals surface area contributed by atoms with Crippen LogP contribution in [0.25, 0.3) is 0 Å². The van der Waals surface area contributed by atoms with Crippen LogP contribution in [-0.2, 0) is 16.4 Å². The van der Waals surface area contributed by atoms with E-state index in [0.29, 0.717) is 25.3 Å². The van der Waals surface area contributed by atoms with E-state index in [2.05, 4.69) is 10.3 Å². The van der Waals surface area contributed by atoms with Crippen LogP contribution in [0.15, 0.2) is 30.5 Å². The molecule has 10 heteroatoms. The number of ether oxygens (including phenoxy) is 1. The summed E-state index contributed by atoms with van der Waals surface area (Å²) in [4.78, 5) is 31.9. The number of halogens is 4. The Bertz CT molecular complexity index is 1140. The SMILES string of the molecule is COc1cc2c(cn1)C(C)(C)C(=O)N2C[C@H]1CC[C@H](NC(=O)c2cc(C(F)(F)F)ccc2Cl)CC1. The Hall–Kier alpha value is -2.81. The second-order valence-corrected chi connectivity index (χ2v) is 10.1. The van der Waals surface area contributed by atoms with Gasteiger partial charge < -0.3 is 15.0 Å². The quantitative estimate of drug-likeness (QED) is 0.588. The van der Waals surface area contributed by atoms with E-state index < -0.39 is 23.1 Å². The van der Waals surface area contributed by atoms with E-state index in [1.54, 1.807) is 17.2 Å². The van der Waals surface area contributed by atoms with Crippen LogP contribution in [-0.4, -0.2) is 36.5 Å². The van der Waals surface area contributed by atoms with E-state index in [1.165, 1.54) is 7.11 Å². The van der Waals surface area contributed by atoms with E-state index >= 15 is 0 Å². The Balaban J connectivity index is 1.39. The number of rotatable bonds is 5. The van der Waals surface area contributed by atoms with Crippen molar-refractivity contribution < 1.29 is 27.5 Å². The van der Waals surface area contributed by atoms with Crippen molar-refractivity contribution in [3.8, 4) is 5.88 Å². The molecule has 0 atom stereocenters. The lowest BCUT2D eigenvalue weighted by Crippen LogP contribution is -2.42. The van der Waals surface area contributed by atoms with Gasteiger partial charge in [-0.3, -0.25) is 9.59 Å². The van der Waals surface area contributed by atoms with E-state index in [1.807, 2.05) is 13.8 Å². The van der Waals surface area contributed by atoms with E-state index in [0.717, 1.165) is 42.3 Å². The van der Waals surface area contributed by atoms with Crippen LogP contribution in [0.5, 0.6) is 5.88 Å². The smallest absolute Gasteiger partial charge is 0.416 e. The van der Waals surface area contributed by atoms with Gasteiger partial charge in [0.1, 0.15) is 0 Å². The zero-order valence-corrected chi connectivity index (χ0v) is 20.5. The molecule has 0 saturated heterocycles. The highest BCUT2D eigenvalue weighted by Crippen LogP contribution is 2.43. The van der Waals surface area contributed by atoms with Crippen LogP contribution in [0.3, 0.4) is 0 Å². The maximum Gasteiger partial charge on any atom is 0.416 e. The molecule has 2 heterocycles. The molecule has 1 aromatic heterocycles. The van der Waals surface area contributed by atoms with Crippen molar-refractivity contribution in [2.75, 3.05) is 18.6 Å². The number of nitrogens with zero attached hydrogens (tertiary/aromatic N) is 2.